The van der Waals surface area contributed by atoms with Crippen molar-refractivity contribution in [1.82, 2.24) is 4.90 Å². The van der Waals surface area contributed by atoms with Gasteiger partial charge >= 0.3 is 0 Å². The fraction of sp³-hybridized carbons (Fsp3) is 0.472. The van der Waals surface area contributed by atoms with E-state index in [1.807, 2.05) is 99.7 Å². The van der Waals surface area contributed by atoms with Crippen molar-refractivity contribution >= 4 is 34.8 Å². The lowest BCUT2D eigenvalue weighted by molar-refractivity contribution is -0.149. The number of likely N-dealkylation sites (tertiary alicyclic amines) is 1. The van der Waals surface area contributed by atoms with Crippen molar-refractivity contribution in [3.8, 4) is 0 Å². The Labute approximate surface area is 265 Å². The fourth-order valence-corrected chi connectivity index (χ4v) is 7.94. The molecule has 45 heavy (non-hydrogen) atoms. The van der Waals surface area contributed by atoms with E-state index in [-0.39, 0.29) is 36.8 Å². The minimum absolute atomic E-state index is 0.145. The van der Waals surface area contributed by atoms with Gasteiger partial charge in [0.15, 0.2) is 0 Å². The number of carbonyl (C=O) groups excluding carboxylic acids is 3. The van der Waals surface area contributed by atoms with Crippen LogP contribution in [0.3, 0.4) is 0 Å². The number of anilines is 3. The number of aliphatic hydroxyl groups is 1. The number of ether oxygens (including phenoxy) is 1. The summed E-state index contributed by atoms with van der Waals surface area (Å²) in [4.78, 5) is 51.3. The highest BCUT2D eigenvalue weighted by atomic mass is 16.5. The standard InChI is InChI=1S/C36H44N4O5/c1-6-37(7-2)25-15-17-27(18-16-25)39-22-12-20-36-30(33(43)40(31(36)34(39)44)28(23-41)24(3)4)29-32(42)38(26-13-9-8-10-14-26)21-11-19-35(29,5)45-36/h8-20,24,28-31,41H,6-7,21-23H2,1-5H3/t28-,29-,30-,31?,35+,36-/m0/s1. The Morgan fingerprint density at radius 1 is 0.844 bits per heavy atom. The second-order valence-corrected chi connectivity index (χ2v) is 13.0. The molecular weight excluding hydrogens is 568 g/mol. The summed E-state index contributed by atoms with van der Waals surface area (Å²) < 4.78 is 6.97. The van der Waals surface area contributed by atoms with Crippen LogP contribution in [0.4, 0.5) is 17.1 Å². The molecule has 0 aromatic heterocycles. The number of hydrogen-bond acceptors (Lipinski definition) is 6. The third-order valence-electron chi connectivity index (χ3n) is 10.2. The predicted octanol–water partition coefficient (Wildman–Crippen LogP) is 4.03. The van der Waals surface area contributed by atoms with Crippen LogP contribution in [0.1, 0.15) is 34.6 Å². The molecular formula is C36H44N4O5. The largest absolute Gasteiger partial charge is 0.394 e. The van der Waals surface area contributed by atoms with Crippen LogP contribution in [0.25, 0.3) is 0 Å². The van der Waals surface area contributed by atoms with Gasteiger partial charge in [-0.05, 0) is 63.1 Å². The molecule has 9 heteroatoms. The molecule has 6 atom stereocenters. The van der Waals surface area contributed by atoms with E-state index < -0.39 is 35.1 Å². The zero-order valence-corrected chi connectivity index (χ0v) is 26.8. The van der Waals surface area contributed by atoms with E-state index in [0.29, 0.717) is 12.2 Å². The fourth-order valence-electron chi connectivity index (χ4n) is 7.94. The molecule has 238 valence electrons. The highest BCUT2D eigenvalue weighted by molar-refractivity contribution is 6.07. The topological polar surface area (TPSA) is 93.6 Å². The van der Waals surface area contributed by atoms with Crippen molar-refractivity contribution in [3.63, 3.8) is 0 Å². The Morgan fingerprint density at radius 2 is 1.44 bits per heavy atom. The number of carbonyl (C=O) groups is 3. The van der Waals surface area contributed by atoms with Gasteiger partial charge in [-0.3, -0.25) is 14.4 Å². The molecule has 2 saturated heterocycles. The number of aliphatic hydroxyl groups excluding tert-OH is 1. The van der Waals surface area contributed by atoms with Crippen LogP contribution in [0.5, 0.6) is 0 Å². The van der Waals surface area contributed by atoms with Gasteiger partial charge in [-0.15, -0.1) is 0 Å². The van der Waals surface area contributed by atoms with Gasteiger partial charge in [-0.1, -0.05) is 56.4 Å². The molecule has 0 aliphatic carbocycles. The first-order chi connectivity index (χ1) is 21.6. The van der Waals surface area contributed by atoms with E-state index >= 15 is 0 Å². The van der Waals surface area contributed by atoms with Gasteiger partial charge in [-0.2, -0.15) is 0 Å². The summed E-state index contributed by atoms with van der Waals surface area (Å²) >= 11 is 0. The van der Waals surface area contributed by atoms with Gasteiger partial charge in [0.2, 0.25) is 11.8 Å². The lowest BCUT2D eigenvalue weighted by atomic mass is 9.74. The Balaban J connectivity index is 1.46. The zero-order chi connectivity index (χ0) is 32.1. The summed E-state index contributed by atoms with van der Waals surface area (Å²) in [7, 11) is 0. The Bertz CT molecular complexity index is 1500. The van der Waals surface area contributed by atoms with Gasteiger partial charge < -0.3 is 29.4 Å². The summed E-state index contributed by atoms with van der Waals surface area (Å²) in [6.45, 7) is 12.0. The number of rotatable bonds is 8. The smallest absolute Gasteiger partial charge is 0.253 e. The van der Waals surface area contributed by atoms with E-state index in [0.717, 1.165) is 24.5 Å². The molecule has 2 aromatic rings. The molecule has 6 rings (SSSR count). The number of fused-ring (bicyclic) bond motifs is 2. The molecule has 0 radical (unpaired) electrons. The number of amides is 3. The zero-order valence-electron chi connectivity index (χ0n) is 26.8. The van der Waals surface area contributed by atoms with E-state index in [1.165, 1.54) is 0 Å². The third-order valence-corrected chi connectivity index (χ3v) is 10.2. The van der Waals surface area contributed by atoms with Gasteiger partial charge in [0, 0.05) is 43.2 Å². The molecule has 4 aliphatic heterocycles. The SMILES string of the molecule is CCN(CC)c1ccc(N2CC=C[C@]34O[C@]5(C)C=CCN(c6ccccc6)C(=O)[C@@H]5[C@H]3C(=O)N([C@@H](CO)C(C)C)C4C2=O)cc1. The Hall–Kier alpha value is -3.95. The minimum atomic E-state index is -1.40. The summed E-state index contributed by atoms with van der Waals surface area (Å²) in [5.41, 5.74) is -0.00726. The highest BCUT2D eigenvalue weighted by Crippen LogP contribution is 2.58. The van der Waals surface area contributed by atoms with Crippen molar-refractivity contribution in [2.75, 3.05) is 47.5 Å². The third kappa shape index (κ3) is 4.79. The maximum absolute atomic E-state index is 14.8. The van der Waals surface area contributed by atoms with Crippen LogP contribution in [-0.2, 0) is 19.1 Å². The van der Waals surface area contributed by atoms with Crippen molar-refractivity contribution < 1.29 is 24.2 Å². The average molecular weight is 613 g/mol. The Kier molecular flexibility index (Phi) is 8.12. The maximum atomic E-state index is 14.8. The average Bonchev–Trinajstić information content (AvgIpc) is 3.30. The van der Waals surface area contributed by atoms with Gasteiger partial charge in [0.1, 0.15) is 11.6 Å². The van der Waals surface area contributed by atoms with E-state index in [2.05, 4.69) is 18.7 Å². The molecule has 1 spiro atoms. The minimum Gasteiger partial charge on any atom is -0.394 e. The molecule has 0 bridgehead atoms. The molecule has 2 aromatic carbocycles. The normalized spacial score (nSPS) is 29.9. The van der Waals surface area contributed by atoms with Crippen LogP contribution >= 0.6 is 0 Å². The van der Waals surface area contributed by atoms with Gasteiger partial charge in [0.05, 0.1) is 30.1 Å². The van der Waals surface area contributed by atoms with Crippen LogP contribution in [0, 0.1) is 17.8 Å². The summed E-state index contributed by atoms with van der Waals surface area (Å²) in [5.74, 6) is -2.82. The quantitative estimate of drug-likeness (QED) is 0.453. The predicted molar refractivity (Wildman–Crippen MR) is 175 cm³/mol. The molecule has 0 saturated carbocycles. The van der Waals surface area contributed by atoms with Crippen molar-refractivity contribution in [2.24, 2.45) is 17.8 Å². The number of benzene rings is 2. The molecule has 2 fully saturated rings. The van der Waals surface area contributed by atoms with Crippen molar-refractivity contribution in [2.45, 2.75) is 57.9 Å². The summed E-state index contributed by atoms with van der Waals surface area (Å²) in [5, 5.41) is 10.6. The molecule has 1 N–H and O–H groups in total. The summed E-state index contributed by atoms with van der Waals surface area (Å²) in [6.07, 6.45) is 7.54. The lowest BCUT2D eigenvalue weighted by Gasteiger charge is -2.41. The molecule has 3 amide bonds. The van der Waals surface area contributed by atoms with Crippen LogP contribution < -0.4 is 14.7 Å². The number of para-hydroxylation sites is 1. The first-order valence-electron chi connectivity index (χ1n) is 16.1. The first kappa shape index (κ1) is 31.0. The monoisotopic (exact) mass is 612 g/mol. The Morgan fingerprint density at radius 3 is 2.04 bits per heavy atom. The van der Waals surface area contributed by atoms with Crippen LogP contribution in [-0.4, -0.2) is 83.8 Å². The van der Waals surface area contributed by atoms with Crippen molar-refractivity contribution in [1.29, 1.82) is 0 Å². The highest BCUT2D eigenvalue weighted by Gasteiger charge is 2.75. The lowest BCUT2D eigenvalue weighted by Crippen LogP contribution is -2.59. The van der Waals surface area contributed by atoms with E-state index in [9.17, 15) is 19.5 Å². The van der Waals surface area contributed by atoms with Gasteiger partial charge in [-0.25, -0.2) is 0 Å². The second-order valence-electron chi connectivity index (χ2n) is 13.0. The number of hydrogen-bond donors (Lipinski definition) is 1. The van der Waals surface area contributed by atoms with Crippen LogP contribution in [0.15, 0.2) is 78.9 Å². The van der Waals surface area contributed by atoms with E-state index in [1.54, 1.807) is 14.7 Å². The van der Waals surface area contributed by atoms with Gasteiger partial charge in [0.25, 0.3) is 5.91 Å². The number of nitrogens with zero attached hydrogens (tertiary/aromatic N) is 4. The molecule has 1 unspecified atom stereocenters. The summed E-state index contributed by atoms with van der Waals surface area (Å²) in [6, 6.07) is 15.6. The maximum Gasteiger partial charge on any atom is 0.253 e. The molecule has 9 nitrogen and oxygen atoms in total. The first-order valence-corrected chi connectivity index (χ1v) is 16.1. The second kappa shape index (κ2) is 11.8. The molecule has 4 heterocycles. The van der Waals surface area contributed by atoms with E-state index in [4.69, 9.17) is 4.74 Å². The van der Waals surface area contributed by atoms with Crippen molar-refractivity contribution in [3.05, 3.63) is 78.9 Å². The molecule has 4 aliphatic rings. The van der Waals surface area contributed by atoms with Crippen LogP contribution in [0.2, 0.25) is 0 Å².